The fourth-order valence-corrected chi connectivity index (χ4v) is 3.71. The van der Waals surface area contributed by atoms with Gasteiger partial charge in [-0.05, 0) is 67.6 Å². The number of benzene rings is 2. The molecule has 1 N–H and O–H groups in total. The van der Waals surface area contributed by atoms with Gasteiger partial charge in [-0.1, -0.05) is 23.8 Å². The van der Waals surface area contributed by atoms with Crippen molar-refractivity contribution < 1.29 is 14.6 Å². The lowest BCUT2D eigenvalue weighted by atomic mass is 9.88. The zero-order valence-electron chi connectivity index (χ0n) is 16.7. The molecule has 0 aromatic heterocycles. The lowest BCUT2D eigenvalue weighted by molar-refractivity contribution is 0.204. The van der Waals surface area contributed by atoms with Gasteiger partial charge in [0.1, 0.15) is 5.75 Å². The van der Waals surface area contributed by atoms with Crippen LogP contribution in [-0.4, -0.2) is 37.3 Å². The molecule has 27 heavy (non-hydrogen) atoms. The predicted molar refractivity (Wildman–Crippen MR) is 109 cm³/mol. The van der Waals surface area contributed by atoms with Crippen LogP contribution >= 0.6 is 0 Å². The number of hydrogen-bond acceptors (Lipinski definition) is 4. The first-order valence-corrected chi connectivity index (χ1v) is 9.42. The van der Waals surface area contributed by atoms with Gasteiger partial charge in [0.05, 0.1) is 14.2 Å². The van der Waals surface area contributed by atoms with E-state index in [0.29, 0.717) is 5.75 Å². The van der Waals surface area contributed by atoms with Crippen molar-refractivity contribution in [3.63, 3.8) is 0 Å². The smallest absolute Gasteiger partial charge is 0.160 e. The Balaban J connectivity index is 1.93. The fourth-order valence-electron chi connectivity index (χ4n) is 3.71. The fraction of sp³-hybridized carbons (Fsp3) is 0.391. The molecule has 4 nitrogen and oxygen atoms in total. The van der Waals surface area contributed by atoms with Crippen LogP contribution in [0.2, 0.25) is 0 Å². The summed E-state index contributed by atoms with van der Waals surface area (Å²) in [7, 11) is 3.28. The first kappa shape index (κ1) is 19.3. The third-order valence-corrected chi connectivity index (χ3v) is 5.22. The number of nitrogens with zero attached hydrogens (tertiary/aromatic N) is 1. The molecule has 0 amide bonds. The molecule has 144 valence electrons. The van der Waals surface area contributed by atoms with Crippen molar-refractivity contribution in [3.05, 3.63) is 64.7 Å². The van der Waals surface area contributed by atoms with Gasteiger partial charge in [-0.3, -0.25) is 4.90 Å². The Morgan fingerprint density at radius 1 is 1.15 bits per heavy atom. The van der Waals surface area contributed by atoms with E-state index < -0.39 is 0 Å². The Labute approximate surface area is 162 Å². The maximum Gasteiger partial charge on any atom is 0.160 e. The molecule has 2 aromatic rings. The van der Waals surface area contributed by atoms with E-state index in [-0.39, 0.29) is 11.8 Å². The van der Waals surface area contributed by atoms with Gasteiger partial charge in [0.2, 0.25) is 0 Å². The van der Waals surface area contributed by atoms with Crippen molar-refractivity contribution in [2.24, 2.45) is 0 Å². The number of phenols is 1. The third kappa shape index (κ3) is 4.45. The van der Waals surface area contributed by atoms with E-state index in [9.17, 15) is 5.11 Å². The minimum Gasteiger partial charge on any atom is -0.504 e. The summed E-state index contributed by atoms with van der Waals surface area (Å²) in [4.78, 5) is 2.52. The van der Waals surface area contributed by atoms with Crippen LogP contribution in [-0.2, 0) is 12.8 Å². The van der Waals surface area contributed by atoms with Gasteiger partial charge in [-0.2, -0.15) is 0 Å². The molecule has 0 bridgehead atoms. The maximum absolute atomic E-state index is 10.2. The Morgan fingerprint density at radius 2 is 1.96 bits per heavy atom. The van der Waals surface area contributed by atoms with Crippen LogP contribution in [0.3, 0.4) is 0 Å². The molecule has 0 fully saturated rings. The highest BCUT2D eigenvalue weighted by Gasteiger charge is 2.27. The van der Waals surface area contributed by atoms with Gasteiger partial charge in [0.15, 0.2) is 11.5 Å². The second-order valence-corrected chi connectivity index (χ2v) is 7.32. The summed E-state index contributed by atoms with van der Waals surface area (Å²) in [6.07, 6.45) is 4.15. The molecule has 0 spiro atoms. The second kappa shape index (κ2) is 8.49. The van der Waals surface area contributed by atoms with Gasteiger partial charge in [0, 0.05) is 19.1 Å². The SMILES string of the molecule is COc1ccc2c(c1)CCN(CC=C(C)C)C2Cc1ccc(OC)c(O)c1. The van der Waals surface area contributed by atoms with Crippen LogP contribution in [0.5, 0.6) is 17.2 Å². The molecular weight excluding hydrogens is 338 g/mol. The highest BCUT2D eigenvalue weighted by atomic mass is 16.5. The van der Waals surface area contributed by atoms with Crippen LogP contribution in [0.15, 0.2) is 48.0 Å². The predicted octanol–water partition coefficient (Wildman–Crippen LogP) is 4.52. The van der Waals surface area contributed by atoms with Crippen LogP contribution in [0.25, 0.3) is 0 Å². The summed E-state index contributed by atoms with van der Waals surface area (Å²) in [5.41, 5.74) is 5.13. The van der Waals surface area contributed by atoms with E-state index in [4.69, 9.17) is 9.47 Å². The highest BCUT2D eigenvalue weighted by Crippen LogP contribution is 2.36. The molecular formula is C23H29NO3. The molecule has 1 aliphatic heterocycles. The zero-order chi connectivity index (χ0) is 19.4. The number of fused-ring (bicyclic) bond motifs is 1. The lowest BCUT2D eigenvalue weighted by Crippen LogP contribution is -2.36. The molecule has 2 aromatic carbocycles. The topological polar surface area (TPSA) is 41.9 Å². The number of hydrogen-bond donors (Lipinski definition) is 1. The van der Waals surface area contributed by atoms with Crippen LogP contribution in [0.1, 0.15) is 36.6 Å². The zero-order valence-corrected chi connectivity index (χ0v) is 16.7. The van der Waals surface area contributed by atoms with Crippen LogP contribution in [0, 0.1) is 0 Å². The summed E-state index contributed by atoms with van der Waals surface area (Å²) in [5, 5.41) is 10.2. The second-order valence-electron chi connectivity index (χ2n) is 7.32. The van der Waals surface area contributed by atoms with Crippen LogP contribution in [0.4, 0.5) is 0 Å². The average Bonchev–Trinajstić information content (AvgIpc) is 2.66. The molecule has 1 unspecified atom stereocenters. The van der Waals surface area contributed by atoms with Gasteiger partial charge in [0.25, 0.3) is 0 Å². The van der Waals surface area contributed by atoms with E-state index in [2.05, 4.69) is 37.0 Å². The number of rotatable bonds is 6. The van der Waals surface area contributed by atoms with E-state index >= 15 is 0 Å². The first-order chi connectivity index (χ1) is 13.0. The molecule has 1 atom stereocenters. The van der Waals surface area contributed by atoms with E-state index in [1.165, 1.54) is 16.7 Å². The summed E-state index contributed by atoms with van der Waals surface area (Å²) in [6, 6.07) is 12.3. The number of methoxy groups -OCH3 is 2. The normalized spacial score (nSPS) is 16.5. The van der Waals surface area contributed by atoms with Crippen molar-refractivity contribution >= 4 is 0 Å². The first-order valence-electron chi connectivity index (χ1n) is 9.42. The Kier molecular flexibility index (Phi) is 6.07. The summed E-state index contributed by atoms with van der Waals surface area (Å²) in [6.45, 7) is 6.22. The molecule has 0 radical (unpaired) electrons. The van der Waals surface area contributed by atoms with Crippen molar-refractivity contribution in [2.75, 3.05) is 27.3 Å². The van der Waals surface area contributed by atoms with Gasteiger partial charge in [-0.15, -0.1) is 0 Å². The number of ether oxygens (including phenoxy) is 2. The minimum absolute atomic E-state index is 0.191. The molecule has 3 rings (SSSR count). The molecule has 1 aliphatic rings. The van der Waals surface area contributed by atoms with Crippen LogP contribution < -0.4 is 9.47 Å². The quantitative estimate of drug-likeness (QED) is 0.763. The van der Waals surface area contributed by atoms with E-state index in [1.807, 2.05) is 24.3 Å². The highest BCUT2D eigenvalue weighted by molar-refractivity contribution is 5.44. The van der Waals surface area contributed by atoms with Gasteiger partial charge >= 0.3 is 0 Å². The van der Waals surface area contributed by atoms with Gasteiger partial charge in [-0.25, -0.2) is 0 Å². The largest absolute Gasteiger partial charge is 0.504 e. The Morgan fingerprint density at radius 3 is 2.63 bits per heavy atom. The Bertz CT molecular complexity index is 824. The minimum atomic E-state index is 0.191. The summed E-state index contributed by atoms with van der Waals surface area (Å²) in [5.74, 6) is 1.61. The number of allylic oxidation sites excluding steroid dienone is 1. The Hall–Kier alpha value is -2.46. The molecule has 0 aliphatic carbocycles. The van der Waals surface area contributed by atoms with Gasteiger partial charge < -0.3 is 14.6 Å². The standard InChI is InChI=1S/C23H29NO3/c1-16(2)9-11-24-12-10-18-15-19(26-3)6-7-20(18)21(24)13-17-5-8-23(27-4)22(25)14-17/h5-9,14-15,21,25H,10-13H2,1-4H3. The monoisotopic (exact) mass is 367 g/mol. The van der Waals surface area contributed by atoms with E-state index in [0.717, 1.165) is 37.2 Å². The van der Waals surface area contributed by atoms with Crippen molar-refractivity contribution in [3.8, 4) is 17.2 Å². The molecule has 4 heteroatoms. The van der Waals surface area contributed by atoms with Crippen molar-refractivity contribution in [1.29, 1.82) is 0 Å². The number of aromatic hydroxyl groups is 1. The third-order valence-electron chi connectivity index (χ3n) is 5.22. The van der Waals surface area contributed by atoms with Crippen molar-refractivity contribution in [1.82, 2.24) is 4.90 Å². The summed E-state index contributed by atoms with van der Waals surface area (Å²) >= 11 is 0. The van der Waals surface area contributed by atoms with Crippen molar-refractivity contribution in [2.45, 2.75) is 32.7 Å². The molecule has 0 saturated heterocycles. The average molecular weight is 367 g/mol. The lowest BCUT2D eigenvalue weighted by Gasteiger charge is -2.37. The molecule has 0 saturated carbocycles. The summed E-state index contributed by atoms with van der Waals surface area (Å²) < 4.78 is 10.6. The van der Waals surface area contributed by atoms with E-state index in [1.54, 1.807) is 14.2 Å². The number of phenolic OH excluding ortho intramolecular Hbond substituents is 1. The maximum atomic E-state index is 10.2. The molecule has 1 heterocycles.